The maximum atomic E-state index is 11.8. The van der Waals surface area contributed by atoms with E-state index in [1.165, 1.54) is 0 Å². The van der Waals surface area contributed by atoms with Crippen LogP contribution in [0.25, 0.3) is 0 Å². The molecule has 0 saturated heterocycles. The van der Waals surface area contributed by atoms with Crippen molar-refractivity contribution >= 4 is 10.1 Å². The van der Waals surface area contributed by atoms with Gasteiger partial charge in [0.2, 0.25) is 0 Å². The van der Waals surface area contributed by atoms with E-state index in [0.717, 1.165) is 11.1 Å². The summed E-state index contributed by atoms with van der Waals surface area (Å²) in [6.45, 7) is 7.15. The number of aryl methyl sites for hydroxylation is 1. The van der Waals surface area contributed by atoms with E-state index in [-0.39, 0.29) is 4.90 Å². The Morgan fingerprint density at radius 2 is 1.56 bits per heavy atom. The smallest absolute Gasteiger partial charge is 0.338 e. The van der Waals surface area contributed by atoms with Crippen molar-refractivity contribution in [1.82, 2.24) is 0 Å². The van der Waals surface area contributed by atoms with E-state index >= 15 is 0 Å². The third kappa shape index (κ3) is 3.10. The Morgan fingerprint density at radius 3 is 2.00 bits per heavy atom. The lowest BCUT2D eigenvalue weighted by Gasteiger charge is -2.08. The highest BCUT2D eigenvalue weighted by molar-refractivity contribution is 7.86. The van der Waals surface area contributed by atoms with Crippen LogP contribution in [-0.2, 0) is 14.3 Å². The minimum absolute atomic E-state index is 0.179. The van der Waals surface area contributed by atoms with Gasteiger partial charge in [0, 0.05) is 0 Å². The highest BCUT2D eigenvalue weighted by Gasteiger charge is 2.16. The minimum atomic E-state index is -3.68. The summed E-state index contributed by atoms with van der Waals surface area (Å²) in [5.41, 5.74) is 1.86. The average molecular weight is 240 g/mol. The van der Waals surface area contributed by atoms with Crippen LogP contribution in [0.15, 0.2) is 40.5 Å². The Bertz CT molecular complexity index is 492. The van der Waals surface area contributed by atoms with E-state index in [2.05, 4.69) is 0 Å². The summed E-state index contributed by atoms with van der Waals surface area (Å²) in [5, 5.41) is 0. The van der Waals surface area contributed by atoms with Gasteiger partial charge in [-0.05, 0) is 45.4 Å². The van der Waals surface area contributed by atoms with Gasteiger partial charge in [0.05, 0.1) is 0 Å². The summed E-state index contributed by atoms with van der Waals surface area (Å²) in [6.07, 6.45) is 0. The molecule has 16 heavy (non-hydrogen) atoms. The topological polar surface area (TPSA) is 43.4 Å². The molecule has 0 atom stereocenters. The van der Waals surface area contributed by atoms with E-state index in [4.69, 9.17) is 4.18 Å². The van der Waals surface area contributed by atoms with E-state index in [1.807, 2.05) is 6.92 Å². The van der Waals surface area contributed by atoms with Crippen molar-refractivity contribution in [3.8, 4) is 0 Å². The summed E-state index contributed by atoms with van der Waals surface area (Å²) in [5.74, 6) is 0.417. The Labute approximate surface area is 96.9 Å². The molecule has 4 heteroatoms. The quantitative estimate of drug-likeness (QED) is 0.602. The van der Waals surface area contributed by atoms with Gasteiger partial charge in [0.15, 0.2) is 0 Å². The van der Waals surface area contributed by atoms with Crippen LogP contribution in [-0.4, -0.2) is 8.42 Å². The summed E-state index contributed by atoms with van der Waals surface area (Å²) >= 11 is 0. The second kappa shape index (κ2) is 4.70. The number of hydrogen-bond donors (Lipinski definition) is 0. The number of benzene rings is 1. The molecule has 0 fully saturated rings. The molecule has 0 aliphatic heterocycles. The fraction of sp³-hybridized carbons (Fsp3) is 0.333. The molecule has 3 nitrogen and oxygen atoms in total. The predicted molar refractivity (Wildman–Crippen MR) is 63.5 cm³/mol. The van der Waals surface area contributed by atoms with Crippen LogP contribution in [0.4, 0.5) is 0 Å². The zero-order valence-corrected chi connectivity index (χ0v) is 10.8. The fourth-order valence-electron chi connectivity index (χ4n) is 1.00. The van der Waals surface area contributed by atoms with Crippen LogP contribution in [0.5, 0.6) is 0 Å². The van der Waals surface area contributed by atoms with Gasteiger partial charge < -0.3 is 4.18 Å². The van der Waals surface area contributed by atoms with Crippen molar-refractivity contribution in [3.63, 3.8) is 0 Å². The highest BCUT2D eigenvalue weighted by Crippen LogP contribution is 2.17. The van der Waals surface area contributed by atoms with Crippen molar-refractivity contribution in [2.45, 2.75) is 32.6 Å². The first kappa shape index (κ1) is 12.8. The second-order valence-corrected chi connectivity index (χ2v) is 5.45. The molecular weight excluding hydrogens is 224 g/mol. The molecule has 0 N–H and O–H groups in total. The molecule has 0 amide bonds. The van der Waals surface area contributed by atoms with Crippen LogP contribution >= 0.6 is 0 Å². The van der Waals surface area contributed by atoms with Crippen molar-refractivity contribution < 1.29 is 12.6 Å². The first-order chi connectivity index (χ1) is 7.33. The Balaban J connectivity index is 3.04. The molecular formula is C12H16O3S. The third-order valence-corrected chi connectivity index (χ3v) is 3.57. The first-order valence-electron chi connectivity index (χ1n) is 4.98. The summed E-state index contributed by atoms with van der Waals surface area (Å²) in [6, 6.07) is 6.58. The molecule has 1 aromatic rings. The van der Waals surface area contributed by atoms with Gasteiger partial charge in [-0.15, -0.1) is 0 Å². The monoisotopic (exact) mass is 240 g/mol. The molecule has 0 spiro atoms. The standard InChI is InChI=1S/C12H16O3S/c1-9(2)11(4)15-16(13,14)12-7-5-10(3)6-8-12/h5-8H,1-4H3. The van der Waals surface area contributed by atoms with Crippen molar-refractivity contribution in [1.29, 1.82) is 0 Å². The van der Waals surface area contributed by atoms with Crippen LogP contribution in [0.2, 0.25) is 0 Å². The maximum Gasteiger partial charge on any atom is 0.338 e. The van der Waals surface area contributed by atoms with Crippen LogP contribution in [0, 0.1) is 6.92 Å². The molecule has 1 rings (SSSR count). The Kier molecular flexibility index (Phi) is 3.75. The van der Waals surface area contributed by atoms with Gasteiger partial charge in [-0.2, -0.15) is 8.42 Å². The van der Waals surface area contributed by atoms with Crippen LogP contribution < -0.4 is 0 Å². The molecule has 0 saturated carbocycles. The molecule has 1 aromatic carbocycles. The maximum absolute atomic E-state index is 11.8. The van der Waals surface area contributed by atoms with E-state index in [1.54, 1.807) is 45.0 Å². The molecule has 0 aromatic heterocycles. The predicted octanol–water partition coefficient (Wildman–Crippen LogP) is 3.01. The van der Waals surface area contributed by atoms with Crippen molar-refractivity contribution in [3.05, 3.63) is 41.2 Å². The first-order valence-corrected chi connectivity index (χ1v) is 6.39. The van der Waals surface area contributed by atoms with E-state index in [9.17, 15) is 8.42 Å². The number of hydrogen-bond acceptors (Lipinski definition) is 3. The Hall–Kier alpha value is -1.29. The third-order valence-electron chi connectivity index (χ3n) is 2.25. The van der Waals surface area contributed by atoms with Crippen molar-refractivity contribution in [2.24, 2.45) is 0 Å². The lowest BCUT2D eigenvalue weighted by atomic mass is 10.2. The van der Waals surface area contributed by atoms with E-state index < -0.39 is 10.1 Å². The number of rotatable bonds is 3. The molecule has 88 valence electrons. The van der Waals surface area contributed by atoms with Gasteiger partial charge in [0.25, 0.3) is 0 Å². The molecule has 0 radical (unpaired) electrons. The molecule has 0 aliphatic carbocycles. The van der Waals surface area contributed by atoms with Gasteiger partial charge >= 0.3 is 10.1 Å². The van der Waals surface area contributed by atoms with Crippen LogP contribution in [0.3, 0.4) is 0 Å². The Morgan fingerprint density at radius 1 is 1.06 bits per heavy atom. The zero-order valence-electron chi connectivity index (χ0n) is 9.94. The highest BCUT2D eigenvalue weighted by atomic mass is 32.2. The molecule has 0 heterocycles. The average Bonchev–Trinajstić information content (AvgIpc) is 2.17. The lowest BCUT2D eigenvalue weighted by molar-refractivity contribution is 0.403. The number of allylic oxidation sites excluding steroid dienone is 2. The molecule has 0 bridgehead atoms. The second-order valence-electron chi connectivity index (χ2n) is 3.91. The molecule has 0 aliphatic rings. The SMILES string of the molecule is CC(C)=C(C)OS(=O)(=O)c1ccc(C)cc1. The summed E-state index contributed by atoms with van der Waals surface area (Å²) in [4.78, 5) is 0.179. The largest absolute Gasteiger partial charge is 0.384 e. The van der Waals surface area contributed by atoms with Crippen molar-refractivity contribution in [2.75, 3.05) is 0 Å². The summed E-state index contributed by atoms with van der Waals surface area (Å²) < 4.78 is 28.6. The summed E-state index contributed by atoms with van der Waals surface area (Å²) in [7, 11) is -3.68. The van der Waals surface area contributed by atoms with Crippen LogP contribution in [0.1, 0.15) is 26.3 Å². The van der Waals surface area contributed by atoms with E-state index in [0.29, 0.717) is 5.76 Å². The fourth-order valence-corrected chi connectivity index (χ4v) is 2.06. The van der Waals surface area contributed by atoms with Gasteiger partial charge in [0.1, 0.15) is 10.7 Å². The molecule has 0 unspecified atom stereocenters. The zero-order chi connectivity index (χ0) is 12.3. The van der Waals surface area contributed by atoms with Gasteiger partial charge in [-0.1, -0.05) is 17.7 Å². The normalized spacial score (nSPS) is 11.0. The lowest BCUT2D eigenvalue weighted by Crippen LogP contribution is -2.05. The van der Waals surface area contributed by atoms with Gasteiger partial charge in [-0.3, -0.25) is 0 Å². The minimum Gasteiger partial charge on any atom is -0.384 e. The van der Waals surface area contributed by atoms with Gasteiger partial charge in [-0.25, -0.2) is 0 Å².